The van der Waals surface area contributed by atoms with Crippen molar-refractivity contribution in [1.29, 1.82) is 0 Å². The van der Waals surface area contributed by atoms with Crippen LogP contribution in [0.4, 0.5) is 4.79 Å². The molecular formula is C23H33N3O6S2. The highest BCUT2D eigenvalue weighted by Gasteiger charge is 2.36. The van der Waals surface area contributed by atoms with Gasteiger partial charge in [-0.15, -0.1) is 11.3 Å². The van der Waals surface area contributed by atoms with Crippen molar-refractivity contribution in [3.8, 4) is 5.88 Å². The monoisotopic (exact) mass is 511 g/mol. The molecule has 0 unspecified atom stereocenters. The van der Waals surface area contributed by atoms with E-state index in [0.29, 0.717) is 5.88 Å². The summed E-state index contributed by atoms with van der Waals surface area (Å²) < 4.78 is 39.9. The molecule has 2 aliphatic carbocycles. The van der Waals surface area contributed by atoms with Crippen molar-refractivity contribution >= 4 is 37.8 Å². The number of alkyl carbamates (subject to hydrolysis) is 1. The van der Waals surface area contributed by atoms with Crippen molar-refractivity contribution in [2.24, 2.45) is 0 Å². The van der Waals surface area contributed by atoms with E-state index in [2.05, 4.69) is 15.3 Å². The zero-order valence-corrected chi connectivity index (χ0v) is 22.0. The summed E-state index contributed by atoms with van der Waals surface area (Å²) in [4.78, 5) is 23.2. The molecule has 2 aromatic heterocycles. The van der Waals surface area contributed by atoms with Crippen LogP contribution in [-0.2, 0) is 25.5 Å². The molecule has 1 saturated carbocycles. The largest absolute Gasteiger partial charge is 0.474 e. The fourth-order valence-corrected chi connectivity index (χ4v) is 6.32. The quantitative estimate of drug-likeness (QED) is 0.571. The third-order valence-corrected chi connectivity index (χ3v) is 8.03. The van der Waals surface area contributed by atoms with Gasteiger partial charge in [0.2, 0.25) is 5.88 Å². The Bertz CT molecular complexity index is 1160. The fraction of sp³-hybridized carbons (Fsp3) is 0.696. The normalized spacial score (nSPS) is 25.2. The first kappa shape index (κ1) is 25.1. The van der Waals surface area contributed by atoms with Crippen molar-refractivity contribution in [2.45, 2.75) is 89.4 Å². The van der Waals surface area contributed by atoms with Gasteiger partial charge in [-0.2, -0.15) is 8.42 Å². The lowest BCUT2D eigenvalue weighted by Gasteiger charge is -2.38. The number of fused-ring (bicyclic) bond motifs is 3. The molecule has 0 aliphatic heterocycles. The van der Waals surface area contributed by atoms with E-state index in [1.165, 1.54) is 11.2 Å². The molecule has 0 spiro atoms. The Morgan fingerprint density at radius 1 is 1.24 bits per heavy atom. The van der Waals surface area contributed by atoms with Gasteiger partial charge in [0.25, 0.3) is 10.1 Å². The number of aryl methyl sites for hydroxylation is 1. The Morgan fingerprint density at radius 3 is 2.59 bits per heavy atom. The lowest BCUT2D eigenvalue weighted by atomic mass is 9.82. The van der Waals surface area contributed by atoms with Gasteiger partial charge >= 0.3 is 6.09 Å². The summed E-state index contributed by atoms with van der Waals surface area (Å²) >= 11 is 1.61. The first-order valence-electron chi connectivity index (χ1n) is 11.6. The summed E-state index contributed by atoms with van der Waals surface area (Å²) in [5.41, 5.74) is 0.178. The lowest BCUT2D eigenvalue weighted by Crippen LogP contribution is -2.51. The van der Waals surface area contributed by atoms with Crippen LogP contribution >= 0.6 is 11.3 Å². The molecular weight excluding hydrogens is 478 g/mol. The summed E-state index contributed by atoms with van der Waals surface area (Å²) in [5, 5.41) is 3.90. The molecule has 1 amide bonds. The standard InChI is InChI=1S/C23H33N3O6S2/c1-22(2,3)32-21(27)26-23(4)10-8-15(9-11-23)31-19-18-17-14(12-30-34(5,28)29)6-7-16(17)33-20(18)25-13-24-19/h13-15H,6-12H2,1-5H3,(H,26,27)/t14-,15-,23-/m1/s1. The highest BCUT2D eigenvalue weighted by molar-refractivity contribution is 7.85. The molecule has 1 atom stereocenters. The minimum Gasteiger partial charge on any atom is -0.474 e. The van der Waals surface area contributed by atoms with Crippen LogP contribution in [0.25, 0.3) is 10.2 Å². The van der Waals surface area contributed by atoms with E-state index in [1.54, 1.807) is 11.3 Å². The van der Waals surface area contributed by atoms with Crippen LogP contribution in [0.1, 0.15) is 76.2 Å². The van der Waals surface area contributed by atoms with Gasteiger partial charge in [0.15, 0.2) is 0 Å². The zero-order valence-electron chi connectivity index (χ0n) is 20.3. The zero-order chi connectivity index (χ0) is 24.7. The molecule has 0 aromatic carbocycles. The average molecular weight is 512 g/mol. The predicted octanol–water partition coefficient (Wildman–Crippen LogP) is 4.30. The van der Waals surface area contributed by atoms with Crippen LogP contribution in [-0.4, -0.2) is 54.6 Å². The predicted molar refractivity (Wildman–Crippen MR) is 130 cm³/mol. The number of nitrogens with zero attached hydrogens (tertiary/aromatic N) is 2. The second-order valence-electron chi connectivity index (χ2n) is 10.5. The molecule has 1 fully saturated rings. The number of rotatable bonds is 6. The Balaban J connectivity index is 1.45. The average Bonchev–Trinajstić information content (AvgIpc) is 3.25. The SMILES string of the molecule is CC(C)(C)OC(=O)N[C@]1(C)CC[C@@H](Oc2ncnc3sc4c(c23)[C@@H](COS(C)(=O)=O)CC4)CC1. The highest BCUT2D eigenvalue weighted by atomic mass is 32.2. The molecule has 188 valence electrons. The molecule has 2 aliphatic rings. The van der Waals surface area contributed by atoms with E-state index in [1.807, 2.05) is 27.7 Å². The Hall–Kier alpha value is -1.98. The van der Waals surface area contributed by atoms with Crippen molar-refractivity contribution < 1.29 is 26.9 Å². The van der Waals surface area contributed by atoms with Crippen LogP contribution in [0.2, 0.25) is 0 Å². The van der Waals surface area contributed by atoms with Gasteiger partial charge in [-0.05, 0) is 71.8 Å². The first-order valence-corrected chi connectivity index (χ1v) is 14.2. The number of carbonyl (C=O) groups is 1. The van der Waals surface area contributed by atoms with Gasteiger partial charge in [-0.3, -0.25) is 4.18 Å². The van der Waals surface area contributed by atoms with Gasteiger partial charge in [0.1, 0.15) is 22.9 Å². The molecule has 4 rings (SSSR count). The Labute approximate surface area is 204 Å². The van der Waals surface area contributed by atoms with Crippen molar-refractivity contribution in [2.75, 3.05) is 12.9 Å². The maximum absolute atomic E-state index is 12.2. The van der Waals surface area contributed by atoms with Crippen LogP contribution in [0, 0.1) is 0 Å². The molecule has 9 nitrogen and oxygen atoms in total. The number of hydrogen-bond donors (Lipinski definition) is 1. The summed E-state index contributed by atoms with van der Waals surface area (Å²) in [7, 11) is -3.51. The number of hydrogen-bond acceptors (Lipinski definition) is 9. The van der Waals surface area contributed by atoms with Crippen molar-refractivity contribution in [3.05, 3.63) is 16.8 Å². The number of carbonyl (C=O) groups excluding carboxylic acids is 1. The second-order valence-corrected chi connectivity index (χ2v) is 13.3. The van der Waals surface area contributed by atoms with E-state index in [4.69, 9.17) is 13.7 Å². The second kappa shape index (κ2) is 9.23. The smallest absolute Gasteiger partial charge is 0.408 e. The van der Waals surface area contributed by atoms with Gasteiger partial charge in [-0.1, -0.05) is 0 Å². The van der Waals surface area contributed by atoms with Gasteiger partial charge in [-0.25, -0.2) is 14.8 Å². The van der Waals surface area contributed by atoms with Crippen LogP contribution < -0.4 is 10.1 Å². The molecule has 11 heteroatoms. The van der Waals surface area contributed by atoms with E-state index in [-0.39, 0.29) is 24.2 Å². The number of aromatic nitrogens is 2. The van der Waals surface area contributed by atoms with E-state index in [9.17, 15) is 13.2 Å². The molecule has 2 heterocycles. The minimum absolute atomic E-state index is 0.0282. The molecule has 1 N–H and O–H groups in total. The summed E-state index contributed by atoms with van der Waals surface area (Å²) in [5.74, 6) is 0.516. The third kappa shape index (κ3) is 5.98. The van der Waals surface area contributed by atoms with Gasteiger partial charge in [0, 0.05) is 16.3 Å². The van der Waals surface area contributed by atoms with E-state index < -0.39 is 21.8 Å². The maximum Gasteiger partial charge on any atom is 0.408 e. The minimum atomic E-state index is -3.51. The summed E-state index contributed by atoms with van der Waals surface area (Å²) in [6.07, 6.45) is 6.91. The van der Waals surface area contributed by atoms with E-state index in [0.717, 1.165) is 60.6 Å². The topological polar surface area (TPSA) is 117 Å². The lowest BCUT2D eigenvalue weighted by molar-refractivity contribution is 0.0385. The molecule has 34 heavy (non-hydrogen) atoms. The molecule has 0 bridgehead atoms. The Morgan fingerprint density at radius 2 is 1.94 bits per heavy atom. The van der Waals surface area contributed by atoms with Gasteiger partial charge in [0.05, 0.1) is 18.2 Å². The summed E-state index contributed by atoms with van der Waals surface area (Å²) in [6, 6.07) is 0. The highest BCUT2D eigenvalue weighted by Crippen LogP contribution is 2.46. The molecule has 0 radical (unpaired) electrons. The van der Waals surface area contributed by atoms with E-state index >= 15 is 0 Å². The van der Waals surface area contributed by atoms with Crippen molar-refractivity contribution in [1.82, 2.24) is 15.3 Å². The fourth-order valence-electron chi connectivity index (χ4n) is 4.68. The first-order chi connectivity index (χ1) is 15.8. The third-order valence-electron chi connectivity index (χ3n) is 6.30. The number of amides is 1. The number of thiophene rings is 1. The number of ether oxygens (including phenoxy) is 2. The summed E-state index contributed by atoms with van der Waals surface area (Å²) in [6.45, 7) is 7.70. The maximum atomic E-state index is 12.2. The van der Waals surface area contributed by atoms with Gasteiger partial charge < -0.3 is 14.8 Å². The number of nitrogens with one attached hydrogen (secondary N) is 1. The van der Waals surface area contributed by atoms with Crippen molar-refractivity contribution in [3.63, 3.8) is 0 Å². The van der Waals surface area contributed by atoms with Crippen LogP contribution in [0.15, 0.2) is 6.33 Å². The molecule has 2 aromatic rings. The van der Waals surface area contributed by atoms with Crippen LogP contribution in [0.3, 0.4) is 0 Å². The van der Waals surface area contributed by atoms with Crippen LogP contribution in [0.5, 0.6) is 5.88 Å². The molecule has 0 saturated heterocycles. The Kier molecular flexibility index (Phi) is 6.82.